The van der Waals surface area contributed by atoms with Crippen LogP contribution in [-0.4, -0.2) is 70.9 Å². The first-order valence-corrected chi connectivity index (χ1v) is 14.6. The molecule has 0 spiro atoms. The van der Waals surface area contributed by atoms with E-state index < -0.39 is 40.5 Å². The van der Waals surface area contributed by atoms with Crippen molar-refractivity contribution < 1.29 is 34.1 Å². The number of benzene rings is 2. The molecule has 12 nitrogen and oxygen atoms in total. The number of hydrogen-bond donors (Lipinski definition) is 5. The molecule has 2 aromatic carbocycles. The lowest BCUT2D eigenvalue weighted by Gasteiger charge is -2.36. The van der Waals surface area contributed by atoms with Gasteiger partial charge in [0.1, 0.15) is 17.4 Å². The molecular weight excluding hydrogens is 614 g/mol. The second-order valence-electron chi connectivity index (χ2n) is 11.8. The van der Waals surface area contributed by atoms with E-state index in [9.17, 15) is 19.2 Å². The van der Waals surface area contributed by atoms with Crippen molar-refractivity contribution in [2.75, 3.05) is 31.8 Å². The van der Waals surface area contributed by atoms with Gasteiger partial charge >= 0.3 is 11.9 Å². The summed E-state index contributed by atoms with van der Waals surface area (Å²) < 4.78 is 5.22. The van der Waals surface area contributed by atoms with Crippen LogP contribution in [0.3, 0.4) is 0 Å². The number of pyridine rings is 1. The largest absolute Gasteiger partial charge is 0.497 e. The van der Waals surface area contributed by atoms with Crippen molar-refractivity contribution >= 4 is 52.7 Å². The van der Waals surface area contributed by atoms with Gasteiger partial charge in [0.05, 0.1) is 34.7 Å². The van der Waals surface area contributed by atoms with Crippen molar-refractivity contribution in [2.24, 2.45) is 16.7 Å². The molecule has 2 atom stereocenters. The zero-order chi connectivity index (χ0) is 34.4. The van der Waals surface area contributed by atoms with Crippen molar-refractivity contribution in [1.29, 1.82) is 5.41 Å². The summed E-state index contributed by atoms with van der Waals surface area (Å²) in [5.41, 5.74) is -0.0121. The van der Waals surface area contributed by atoms with Gasteiger partial charge in [-0.2, -0.15) is 0 Å². The van der Waals surface area contributed by atoms with Gasteiger partial charge in [-0.25, -0.2) is 4.98 Å². The Bertz CT molecular complexity index is 1620. The summed E-state index contributed by atoms with van der Waals surface area (Å²) in [6.45, 7) is 5.10. The molecule has 13 heteroatoms. The van der Waals surface area contributed by atoms with Gasteiger partial charge < -0.3 is 30.5 Å². The lowest BCUT2D eigenvalue weighted by Crippen LogP contribution is -2.42. The molecule has 0 radical (unpaired) electrons. The number of halogens is 1. The number of nitrogens with zero attached hydrogens (tertiary/aromatic N) is 2. The van der Waals surface area contributed by atoms with Crippen LogP contribution in [0.4, 0.5) is 11.5 Å². The Hall–Kier alpha value is -4.97. The highest BCUT2D eigenvalue weighted by atomic mass is 35.5. The summed E-state index contributed by atoms with van der Waals surface area (Å²) in [5, 5.41) is 32.0. The van der Waals surface area contributed by atoms with Crippen molar-refractivity contribution in [3.8, 4) is 5.75 Å². The molecular formula is C33H38ClN5O7. The third-order valence-electron chi connectivity index (χ3n) is 8.55. The van der Waals surface area contributed by atoms with Gasteiger partial charge in [-0.3, -0.25) is 24.6 Å². The molecule has 2 amide bonds. The number of carbonyl (C=O) groups excluding carboxylic acids is 2. The second kappa shape index (κ2) is 14.4. The molecule has 0 bridgehead atoms. The Morgan fingerprint density at radius 3 is 2.07 bits per heavy atom. The van der Waals surface area contributed by atoms with Gasteiger partial charge in [0.2, 0.25) is 0 Å². The molecule has 3 aromatic rings. The summed E-state index contributed by atoms with van der Waals surface area (Å²) in [4.78, 5) is 53.4. The molecule has 5 N–H and O–H groups in total. The summed E-state index contributed by atoms with van der Waals surface area (Å²) in [5.74, 6) is -2.08. The molecule has 46 heavy (non-hydrogen) atoms. The molecule has 4 rings (SSSR count). The summed E-state index contributed by atoms with van der Waals surface area (Å²) >= 11 is 5.83. The maximum atomic E-state index is 12.9. The normalized spacial score (nSPS) is 17.9. The quantitative estimate of drug-likeness (QED) is 0.150. The molecule has 1 fully saturated rings. The lowest BCUT2D eigenvalue weighted by molar-refractivity contribution is -0.157. The number of anilines is 2. The average Bonchev–Trinajstić information content (AvgIpc) is 3.27. The lowest BCUT2D eigenvalue weighted by atomic mass is 9.66. The highest BCUT2D eigenvalue weighted by Crippen LogP contribution is 2.56. The molecule has 1 aliphatic carbocycles. The maximum Gasteiger partial charge on any atom is 0.309 e. The summed E-state index contributed by atoms with van der Waals surface area (Å²) in [7, 11) is 5.04. The zero-order valence-corrected chi connectivity index (χ0v) is 27.2. The van der Waals surface area contributed by atoms with Gasteiger partial charge in [0.25, 0.3) is 11.8 Å². The Balaban J connectivity index is 0.000000344. The fraction of sp³-hybridized carbons (Fsp3) is 0.333. The van der Waals surface area contributed by atoms with Gasteiger partial charge in [-0.15, -0.1) is 0 Å². The minimum atomic E-state index is -0.921. The number of carboxylic acids is 2. The second-order valence-corrected chi connectivity index (χ2v) is 12.2. The fourth-order valence-electron chi connectivity index (χ4n) is 5.13. The smallest absolute Gasteiger partial charge is 0.309 e. The standard InChI is InChI=1S/C23H22ClN5O3.C10H16O4/c1-29(2)21(25)14-4-6-15(7-5-14)22(30)27-19-10-9-17(32-3)12-18(19)23(31)28-20-11-8-16(24)13-26-20;1-9(2)6(7(11)12)4-5-10(9,3)8(13)14/h4-13,25H,1-3H3,(H,27,30)(H,26,28,31);6H,4-5H2,1-3H3,(H,11,12)(H,13,14)/t;6-,10+/m.1/s1. The predicted molar refractivity (Wildman–Crippen MR) is 175 cm³/mol. The first-order valence-electron chi connectivity index (χ1n) is 14.3. The Kier molecular flexibility index (Phi) is 11.1. The van der Waals surface area contributed by atoms with Crippen LogP contribution >= 0.6 is 11.6 Å². The summed E-state index contributed by atoms with van der Waals surface area (Å²) in [6.07, 6.45) is 2.31. The van der Waals surface area contributed by atoms with E-state index in [1.54, 1.807) is 88.3 Å². The Morgan fingerprint density at radius 1 is 0.957 bits per heavy atom. The fourth-order valence-corrected chi connectivity index (χ4v) is 5.24. The van der Waals surface area contributed by atoms with Gasteiger partial charge in [-0.05, 0) is 67.6 Å². The number of amides is 2. The third-order valence-corrected chi connectivity index (χ3v) is 8.78. The van der Waals surface area contributed by atoms with Crippen LogP contribution in [0.5, 0.6) is 5.75 Å². The van der Waals surface area contributed by atoms with Crippen LogP contribution in [0.15, 0.2) is 60.8 Å². The van der Waals surface area contributed by atoms with Crippen LogP contribution in [-0.2, 0) is 9.59 Å². The Labute approximate surface area is 272 Å². The van der Waals surface area contributed by atoms with Crippen molar-refractivity contribution in [3.05, 3.63) is 82.5 Å². The highest BCUT2D eigenvalue weighted by molar-refractivity contribution is 6.30. The van der Waals surface area contributed by atoms with Crippen LogP contribution in [0.25, 0.3) is 0 Å². The van der Waals surface area contributed by atoms with Crippen LogP contribution in [0.2, 0.25) is 5.02 Å². The van der Waals surface area contributed by atoms with Gasteiger partial charge in [0.15, 0.2) is 0 Å². The minimum absolute atomic E-state index is 0.209. The van der Waals surface area contributed by atoms with Gasteiger partial charge in [0, 0.05) is 31.4 Å². The van der Waals surface area contributed by atoms with E-state index in [0.29, 0.717) is 52.1 Å². The number of methoxy groups -OCH3 is 1. The van der Waals surface area contributed by atoms with Crippen LogP contribution in [0, 0.1) is 22.2 Å². The molecule has 1 saturated carbocycles. The van der Waals surface area contributed by atoms with Crippen molar-refractivity contribution in [3.63, 3.8) is 0 Å². The molecule has 0 aliphatic heterocycles. The molecule has 1 aromatic heterocycles. The maximum absolute atomic E-state index is 12.9. The number of carbonyl (C=O) groups is 4. The first-order chi connectivity index (χ1) is 21.5. The van der Waals surface area contributed by atoms with E-state index in [2.05, 4.69) is 15.6 Å². The van der Waals surface area contributed by atoms with E-state index in [4.69, 9.17) is 32.0 Å². The molecule has 1 aliphatic rings. The molecule has 0 unspecified atom stereocenters. The Morgan fingerprint density at radius 2 is 1.59 bits per heavy atom. The monoisotopic (exact) mass is 651 g/mol. The SMILES string of the molecule is CC1(C)[C@@H](C(=O)O)CC[C@@]1(C)C(=O)O.COc1ccc(NC(=O)c2ccc(C(=N)N(C)C)cc2)c(C(=O)Nc2ccc(Cl)cn2)c1. The summed E-state index contributed by atoms with van der Waals surface area (Å²) in [6, 6.07) is 14.6. The minimum Gasteiger partial charge on any atom is -0.497 e. The van der Waals surface area contributed by atoms with E-state index in [1.165, 1.54) is 19.4 Å². The average molecular weight is 652 g/mol. The third kappa shape index (κ3) is 7.81. The van der Waals surface area contributed by atoms with Crippen LogP contribution < -0.4 is 15.4 Å². The van der Waals surface area contributed by atoms with Crippen LogP contribution in [0.1, 0.15) is 59.9 Å². The van der Waals surface area contributed by atoms with Crippen molar-refractivity contribution in [2.45, 2.75) is 33.6 Å². The van der Waals surface area contributed by atoms with Gasteiger partial charge in [-0.1, -0.05) is 37.6 Å². The number of amidine groups is 1. The number of nitrogens with one attached hydrogen (secondary N) is 3. The number of hydrogen-bond acceptors (Lipinski definition) is 7. The van der Waals surface area contributed by atoms with E-state index in [0.717, 1.165) is 0 Å². The number of carboxylic acid groups (broad SMARTS) is 2. The van der Waals surface area contributed by atoms with E-state index >= 15 is 0 Å². The number of aliphatic carboxylic acids is 2. The number of aromatic nitrogens is 1. The topological polar surface area (TPSA) is 182 Å². The molecule has 0 saturated heterocycles. The number of ether oxygens (including phenoxy) is 1. The molecule has 1 heterocycles. The van der Waals surface area contributed by atoms with E-state index in [1.807, 2.05) is 0 Å². The van der Waals surface area contributed by atoms with Crippen molar-refractivity contribution in [1.82, 2.24) is 9.88 Å². The number of rotatable bonds is 8. The zero-order valence-electron chi connectivity index (χ0n) is 26.5. The molecule has 244 valence electrons. The first kappa shape index (κ1) is 35.5. The van der Waals surface area contributed by atoms with E-state index in [-0.39, 0.29) is 5.56 Å². The highest BCUT2D eigenvalue weighted by Gasteiger charge is 2.58. The predicted octanol–water partition coefficient (Wildman–Crippen LogP) is 5.73.